The van der Waals surface area contributed by atoms with Crippen LogP contribution in [0.2, 0.25) is 0 Å². The molecule has 1 amide bonds. The van der Waals surface area contributed by atoms with Crippen LogP contribution < -0.4 is 0 Å². The van der Waals surface area contributed by atoms with Gasteiger partial charge in [-0.2, -0.15) is 0 Å². The van der Waals surface area contributed by atoms with Crippen LogP contribution in [0.25, 0.3) is 11.4 Å². The van der Waals surface area contributed by atoms with Crippen molar-refractivity contribution in [3.8, 4) is 11.4 Å². The van der Waals surface area contributed by atoms with Crippen molar-refractivity contribution >= 4 is 5.91 Å². The first-order valence-corrected chi connectivity index (χ1v) is 12.0. The topological polar surface area (TPSA) is 59.0 Å². The highest BCUT2D eigenvalue weighted by atomic mass is 19.1. The van der Waals surface area contributed by atoms with Crippen LogP contribution in [0.15, 0.2) is 85.0 Å². The van der Waals surface area contributed by atoms with Gasteiger partial charge in [-0.05, 0) is 68.5 Å². The van der Waals surface area contributed by atoms with E-state index >= 15 is 0 Å². The zero-order valence-corrected chi connectivity index (χ0v) is 20.5. The Morgan fingerprint density at radius 2 is 1.83 bits per heavy atom. The molecule has 1 aromatic carbocycles. The molecular weight excluding hydrogens is 439 g/mol. The van der Waals surface area contributed by atoms with Crippen LogP contribution in [-0.2, 0) is 0 Å². The first-order chi connectivity index (χ1) is 17.0. The van der Waals surface area contributed by atoms with Crippen molar-refractivity contribution in [3.63, 3.8) is 0 Å². The fourth-order valence-corrected chi connectivity index (χ4v) is 5.14. The number of rotatable bonds is 6. The molecule has 2 aromatic heterocycles. The molecule has 180 valence electrons. The number of hydrogen-bond acceptors (Lipinski definition) is 4. The van der Waals surface area contributed by atoms with Crippen LogP contribution in [0.3, 0.4) is 0 Å². The van der Waals surface area contributed by atoms with E-state index in [2.05, 4.69) is 41.0 Å². The van der Waals surface area contributed by atoms with Gasteiger partial charge >= 0.3 is 0 Å². The van der Waals surface area contributed by atoms with Crippen molar-refractivity contribution in [3.05, 3.63) is 102 Å². The van der Waals surface area contributed by atoms with E-state index in [0.717, 1.165) is 18.4 Å². The summed E-state index contributed by atoms with van der Waals surface area (Å²) in [7, 11) is 0. The Bertz CT molecular complexity index is 1210. The van der Waals surface area contributed by atoms with E-state index in [0.29, 0.717) is 30.0 Å². The molecule has 1 atom stereocenters. The van der Waals surface area contributed by atoms with Gasteiger partial charge in [0.05, 0.1) is 11.3 Å². The Morgan fingerprint density at radius 1 is 1.09 bits per heavy atom. The van der Waals surface area contributed by atoms with Gasteiger partial charge in [0.1, 0.15) is 17.8 Å². The number of aromatic nitrogens is 3. The summed E-state index contributed by atoms with van der Waals surface area (Å²) in [5.41, 5.74) is 4.01. The van der Waals surface area contributed by atoms with E-state index in [1.54, 1.807) is 24.5 Å². The van der Waals surface area contributed by atoms with Crippen LogP contribution in [0.1, 0.15) is 55.5 Å². The van der Waals surface area contributed by atoms with Crippen LogP contribution in [0.4, 0.5) is 4.39 Å². The van der Waals surface area contributed by atoms with Crippen molar-refractivity contribution in [1.29, 1.82) is 0 Å². The summed E-state index contributed by atoms with van der Waals surface area (Å²) in [5, 5.41) is 0. The number of pyridine rings is 1. The second kappa shape index (κ2) is 10.7. The summed E-state index contributed by atoms with van der Waals surface area (Å²) in [4.78, 5) is 28.2. The smallest absolute Gasteiger partial charge is 0.256 e. The molecule has 35 heavy (non-hydrogen) atoms. The SMILES string of the molecule is C/C=C\C=C(C)C1(C(C)c2ccc(F)cc2)CCN(C(=O)c2cccnc2-c2ccncn2)CC1. The number of carbonyl (C=O) groups is 1. The molecule has 1 aliphatic heterocycles. The molecule has 0 radical (unpaired) electrons. The maximum atomic E-state index is 13.6. The minimum Gasteiger partial charge on any atom is -0.339 e. The maximum absolute atomic E-state index is 13.6. The number of piperidine rings is 1. The summed E-state index contributed by atoms with van der Waals surface area (Å²) >= 11 is 0. The number of halogens is 1. The quantitative estimate of drug-likeness (QED) is 0.401. The van der Waals surface area contributed by atoms with E-state index in [4.69, 9.17) is 0 Å². The first-order valence-electron chi connectivity index (χ1n) is 12.0. The lowest BCUT2D eigenvalue weighted by molar-refractivity contribution is 0.0596. The summed E-state index contributed by atoms with van der Waals surface area (Å²) < 4.78 is 13.6. The highest BCUT2D eigenvalue weighted by molar-refractivity contribution is 5.99. The fraction of sp³-hybridized carbons (Fsp3) is 0.310. The molecular formula is C29H31FN4O. The van der Waals surface area contributed by atoms with Crippen LogP contribution in [0.5, 0.6) is 0 Å². The highest BCUT2D eigenvalue weighted by Gasteiger charge is 2.42. The molecule has 6 heteroatoms. The lowest BCUT2D eigenvalue weighted by Gasteiger charge is -2.47. The largest absolute Gasteiger partial charge is 0.339 e. The molecule has 0 saturated carbocycles. The van der Waals surface area contributed by atoms with Gasteiger partial charge in [0.2, 0.25) is 0 Å². The number of benzene rings is 1. The van der Waals surface area contributed by atoms with Gasteiger partial charge in [-0.15, -0.1) is 0 Å². The predicted octanol–water partition coefficient (Wildman–Crippen LogP) is 6.23. The molecule has 3 heterocycles. The van der Waals surface area contributed by atoms with Crippen molar-refractivity contribution in [2.45, 2.75) is 39.5 Å². The average Bonchev–Trinajstić information content (AvgIpc) is 2.92. The van der Waals surface area contributed by atoms with E-state index in [1.807, 2.05) is 36.1 Å². The minimum atomic E-state index is -0.229. The maximum Gasteiger partial charge on any atom is 0.256 e. The molecule has 0 bridgehead atoms. The highest BCUT2D eigenvalue weighted by Crippen LogP contribution is 2.50. The summed E-state index contributed by atoms with van der Waals surface area (Å²) in [6.45, 7) is 7.65. The van der Waals surface area contributed by atoms with Gasteiger partial charge < -0.3 is 4.90 Å². The second-order valence-electron chi connectivity index (χ2n) is 9.09. The molecule has 1 aliphatic rings. The van der Waals surface area contributed by atoms with E-state index in [-0.39, 0.29) is 23.1 Å². The van der Waals surface area contributed by atoms with Crippen LogP contribution in [0, 0.1) is 11.2 Å². The second-order valence-corrected chi connectivity index (χ2v) is 9.09. The fourth-order valence-electron chi connectivity index (χ4n) is 5.14. The molecule has 0 N–H and O–H groups in total. The number of allylic oxidation sites excluding steroid dienone is 4. The minimum absolute atomic E-state index is 0.0372. The van der Waals surface area contributed by atoms with Gasteiger partial charge in [-0.3, -0.25) is 9.78 Å². The zero-order chi connectivity index (χ0) is 24.8. The summed E-state index contributed by atoms with van der Waals surface area (Å²) in [6.07, 6.45) is 12.7. The average molecular weight is 471 g/mol. The number of likely N-dealkylation sites (tertiary alicyclic amines) is 1. The van der Waals surface area contributed by atoms with Crippen molar-refractivity contribution in [1.82, 2.24) is 19.9 Å². The van der Waals surface area contributed by atoms with Gasteiger partial charge in [-0.1, -0.05) is 42.9 Å². The zero-order valence-electron chi connectivity index (χ0n) is 20.5. The standard InChI is InChI=1S/C29H31FN4O/c1-4-5-7-21(2)29(22(3)23-9-11-24(30)12-10-23)14-18-34(19-15-29)28(35)25-8-6-16-32-27(25)26-13-17-31-20-33-26/h4-13,16-17,20,22H,14-15,18-19H2,1-3H3/b5-4-,21-7?. The monoisotopic (exact) mass is 470 g/mol. The van der Waals surface area contributed by atoms with Gasteiger partial charge in [0, 0.05) is 30.9 Å². The molecule has 5 nitrogen and oxygen atoms in total. The number of carbonyl (C=O) groups excluding carboxylic acids is 1. The lowest BCUT2D eigenvalue weighted by atomic mass is 9.63. The molecule has 0 aliphatic carbocycles. The Kier molecular flexibility index (Phi) is 7.49. The Hall–Kier alpha value is -3.67. The molecule has 1 fully saturated rings. The lowest BCUT2D eigenvalue weighted by Crippen LogP contribution is -2.46. The third-order valence-corrected chi connectivity index (χ3v) is 7.33. The molecule has 0 spiro atoms. The first kappa shape index (κ1) is 24.5. The molecule has 4 rings (SSSR count). The normalized spacial score (nSPS) is 16.9. The van der Waals surface area contributed by atoms with E-state index in [1.165, 1.54) is 24.0 Å². The number of amides is 1. The van der Waals surface area contributed by atoms with Crippen molar-refractivity contribution in [2.24, 2.45) is 5.41 Å². The molecule has 1 unspecified atom stereocenters. The third kappa shape index (κ3) is 5.06. The van der Waals surface area contributed by atoms with Gasteiger partial charge in [0.25, 0.3) is 5.91 Å². The Labute approximate surface area is 206 Å². The van der Waals surface area contributed by atoms with Crippen LogP contribution in [-0.4, -0.2) is 38.8 Å². The van der Waals surface area contributed by atoms with Crippen LogP contribution >= 0.6 is 0 Å². The summed E-state index contributed by atoms with van der Waals surface area (Å²) in [5.74, 6) is -0.0887. The van der Waals surface area contributed by atoms with Gasteiger partial charge in [-0.25, -0.2) is 14.4 Å². The Balaban J connectivity index is 1.61. The predicted molar refractivity (Wildman–Crippen MR) is 136 cm³/mol. The molecule has 3 aromatic rings. The van der Waals surface area contributed by atoms with Gasteiger partial charge in [0.15, 0.2) is 0 Å². The van der Waals surface area contributed by atoms with Crippen molar-refractivity contribution in [2.75, 3.05) is 13.1 Å². The van der Waals surface area contributed by atoms with E-state index in [9.17, 15) is 9.18 Å². The third-order valence-electron chi connectivity index (χ3n) is 7.33. The molecule has 1 saturated heterocycles. The van der Waals surface area contributed by atoms with E-state index < -0.39 is 0 Å². The number of hydrogen-bond donors (Lipinski definition) is 0. The Morgan fingerprint density at radius 3 is 2.49 bits per heavy atom. The van der Waals surface area contributed by atoms with Crippen molar-refractivity contribution < 1.29 is 9.18 Å². The summed E-state index contributed by atoms with van der Waals surface area (Å²) in [6, 6.07) is 12.2. The number of nitrogens with zero attached hydrogens (tertiary/aromatic N) is 4.